The van der Waals surface area contributed by atoms with Crippen molar-refractivity contribution in [2.24, 2.45) is 0 Å². The fourth-order valence-corrected chi connectivity index (χ4v) is 0. The van der Waals surface area contributed by atoms with Gasteiger partial charge in [0.2, 0.25) is 0 Å². The fraction of sp³-hybridized carbons (Fsp3) is 0. The average molecular weight is 153 g/mol. The number of allylic oxidation sites excluding steroid dienone is 1. The third-order valence-corrected chi connectivity index (χ3v) is 0. The van der Waals surface area contributed by atoms with Crippen molar-refractivity contribution in [2.75, 3.05) is 0 Å². The summed E-state index contributed by atoms with van der Waals surface area (Å²) >= 11 is 0. The molecule has 1 heteroatoms. The van der Waals surface area contributed by atoms with Gasteiger partial charge in [0.25, 0.3) is 0 Å². The summed E-state index contributed by atoms with van der Waals surface area (Å²) in [4.78, 5) is 0. The van der Waals surface area contributed by atoms with Crippen LogP contribution in [-0.4, -0.2) is 0 Å². The molecule has 0 aromatic rings. The minimum Gasteiger partial charge on any atom is -0.245 e. The first-order chi connectivity index (χ1) is 1.41. The van der Waals surface area contributed by atoms with Crippen LogP contribution in [0.5, 0.6) is 0 Å². The van der Waals surface area contributed by atoms with Crippen molar-refractivity contribution < 1.29 is 27.3 Å². The molecule has 0 aliphatic heterocycles. The van der Waals surface area contributed by atoms with Crippen LogP contribution in [0.3, 0.4) is 0 Å². The van der Waals surface area contributed by atoms with E-state index >= 15 is 0 Å². The molecule has 0 unspecified atom stereocenters. The molecule has 0 aliphatic carbocycles. The minimum absolute atomic E-state index is 0. The van der Waals surface area contributed by atoms with Gasteiger partial charge in [-0.1, -0.05) is 0 Å². The Labute approximate surface area is 47.1 Å². The molecule has 0 spiro atoms. The molecule has 0 atom stereocenters. The summed E-state index contributed by atoms with van der Waals surface area (Å²) in [5.74, 6) is 0. The van der Waals surface area contributed by atoms with Gasteiger partial charge in [-0.05, 0) is 0 Å². The van der Waals surface area contributed by atoms with Crippen molar-refractivity contribution in [3.05, 3.63) is 19.6 Å². The first-order valence-electron chi connectivity index (χ1n) is 0.816. The molecular weight excluding hydrogens is 148 g/mol. The van der Waals surface area contributed by atoms with Gasteiger partial charge in [-0.25, -0.2) is 19.6 Å². The maximum atomic E-state index is 3.25. The molecule has 0 aliphatic rings. The smallest absolute Gasteiger partial charge is 0 e. The molecule has 20 valence electrons. The van der Waals surface area contributed by atoms with Crippen LogP contribution in [0, 0.1) is 6.92 Å². The Morgan fingerprint density at radius 2 is 1.75 bits per heavy atom. The molecule has 0 rings (SSSR count). The molecule has 0 fully saturated rings. The SMILES string of the molecule is C=C[CH2-].[Cd]. The molecular formula is C3H5Cd-. The van der Waals surface area contributed by atoms with Crippen molar-refractivity contribution in [3.63, 3.8) is 0 Å². The average Bonchev–Trinajstić information content (AvgIpc) is 0.918. The second-order valence-corrected chi connectivity index (χ2v) is 0.289. The molecule has 0 aromatic heterocycles. The summed E-state index contributed by atoms with van der Waals surface area (Å²) in [6.07, 6.45) is 1.50. The maximum absolute atomic E-state index is 3.25. The largest absolute Gasteiger partial charge is 0.245 e. The summed E-state index contributed by atoms with van der Waals surface area (Å²) in [7, 11) is 0. The third kappa shape index (κ3) is 21.0. The van der Waals surface area contributed by atoms with E-state index < -0.39 is 0 Å². The molecule has 0 amide bonds. The first-order valence-corrected chi connectivity index (χ1v) is 0.816. The summed E-state index contributed by atoms with van der Waals surface area (Å²) < 4.78 is 0. The van der Waals surface area contributed by atoms with Crippen LogP contribution in [0.25, 0.3) is 0 Å². The molecule has 4 heavy (non-hydrogen) atoms. The fourth-order valence-electron chi connectivity index (χ4n) is 0. The molecule has 0 nitrogen and oxygen atoms in total. The van der Waals surface area contributed by atoms with Crippen LogP contribution in [0.15, 0.2) is 12.7 Å². The van der Waals surface area contributed by atoms with Gasteiger partial charge in [0, 0.05) is 27.3 Å². The van der Waals surface area contributed by atoms with E-state index in [0.717, 1.165) is 0 Å². The summed E-state index contributed by atoms with van der Waals surface area (Å²) in [6.45, 7) is 6.50. The van der Waals surface area contributed by atoms with Crippen molar-refractivity contribution >= 4 is 0 Å². The monoisotopic (exact) mass is 155 g/mol. The Morgan fingerprint density at radius 3 is 1.75 bits per heavy atom. The van der Waals surface area contributed by atoms with Gasteiger partial charge in [-0.3, -0.25) is 0 Å². The Morgan fingerprint density at radius 1 is 1.75 bits per heavy atom. The predicted molar refractivity (Wildman–Crippen MR) is 15.6 cm³/mol. The van der Waals surface area contributed by atoms with E-state index in [1.807, 2.05) is 0 Å². The molecule has 0 saturated heterocycles. The molecule has 0 heterocycles. The van der Waals surface area contributed by atoms with E-state index in [2.05, 4.69) is 13.5 Å². The van der Waals surface area contributed by atoms with Gasteiger partial charge < -0.3 is 0 Å². The van der Waals surface area contributed by atoms with Gasteiger partial charge in [0.1, 0.15) is 0 Å². The third-order valence-electron chi connectivity index (χ3n) is 0. The Balaban J connectivity index is 0. The minimum atomic E-state index is 0. The van der Waals surface area contributed by atoms with Crippen molar-refractivity contribution in [2.45, 2.75) is 0 Å². The Kier molecular flexibility index (Phi) is 21.3. The second kappa shape index (κ2) is 9.65. The Hall–Kier alpha value is 0.532. The van der Waals surface area contributed by atoms with Crippen molar-refractivity contribution in [3.8, 4) is 0 Å². The van der Waals surface area contributed by atoms with Crippen LogP contribution >= 0.6 is 0 Å². The van der Waals surface area contributed by atoms with Crippen molar-refractivity contribution in [1.29, 1.82) is 0 Å². The van der Waals surface area contributed by atoms with E-state index in [1.54, 1.807) is 0 Å². The van der Waals surface area contributed by atoms with E-state index in [9.17, 15) is 0 Å². The molecule has 0 saturated carbocycles. The molecule has 0 radical (unpaired) electrons. The van der Waals surface area contributed by atoms with Gasteiger partial charge in [-0.2, -0.15) is 0 Å². The second-order valence-electron chi connectivity index (χ2n) is 0.289. The van der Waals surface area contributed by atoms with Crippen molar-refractivity contribution in [1.82, 2.24) is 0 Å². The van der Waals surface area contributed by atoms with Crippen LogP contribution < -0.4 is 0 Å². The predicted octanol–water partition coefficient (Wildman–Crippen LogP) is 1.00. The van der Waals surface area contributed by atoms with Gasteiger partial charge in [0.15, 0.2) is 0 Å². The van der Waals surface area contributed by atoms with E-state index in [0.29, 0.717) is 0 Å². The summed E-state index contributed by atoms with van der Waals surface area (Å²) in [5, 5.41) is 0. The summed E-state index contributed by atoms with van der Waals surface area (Å²) in [5.41, 5.74) is 0. The van der Waals surface area contributed by atoms with Gasteiger partial charge in [-0.15, -0.1) is 0 Å². The van der Waals surface area contributed by atoms with Crippen LogP contribution in [-0.2, 0) is 27.3 Å². The topological polar surface area (TPSA) is 0 Å². The van der Waals surface area contributed by atoms with Gasteiger partial charge in [0.05, 0.1) is 0 Å². The zero-order chi connectivity index (χ0) is 2.71. The van der Waals surface area contributed by atoms with E-state index in [-0.39, 0.29) is 27.3 Å². The molecule has 0 bridgehead atoms. The summed E-state index contributed by atoms with van der Waals surface area (Å²) in [6, 6.07) is 0. The van der Waals surface area contributed by atoms with Crippen LogP contribution in [0.2, 0.25) is 0 Å². The Bertz CT molecular complexity index is 10.8. The number of hydrogen-bond acceptors (Lipinski definition) is 0. The molecule has 0 aromatic carbocycles. The zero-order valence-corrected chi connectivity index (χ0v) is 6.73. The normalized spacial score (nSPS) is 3.00. The maximum Gasteiger partial charge on any atom is 0 e. The first kappa shape index (κ1) is 8.82. The molecule has 0 N–H and O–H groups in total. The van der Waals surface area contributed by atoms with E-state index in [4.69, 9.17) is 0 Å². The van der Waals surface area contributed by atoms with E-state index in [1.165, 1.54) is 6.08 Å². The number of hydrogen-bond donors (Lipinski definition) is 0. The van der Waals surface area contributed by atoms with Crippen LogP contribution in [0.1, 0.15) is 0 Å². The number of rotatable bonds is 0. The zero-order valence-electron chi connectivity index (χ0n) is 2.70. The van der Waals surface area contributed by atoms with Gasteiger partial charge >= 0.3 is 0 Å². The quantitative estimate of drug-likeness (QED) is 0.360. The van der Waals surface area contributed by atoms with Crippen LogP contribution in [0.4, 0.5) is 0 Å². The standard InChI is InChI=1S/C3H5.Cd/c1-3-2;/h3H,1-2H2;/q-1;.